The molecule has 26 heavy (non-hydrogen) atoms. The Kier molecular flexibility index (Phi) is 7.13. The lowest BCUT2D eigenvalue weighted by Crippen LogP contribution is -2.38. The molecule has 0 aromatic heterocycles. The minimum Gasteiger partial charge on any atom is -0.493 e. The van der Waals surface area contributed by atoms with E-state index in [1.54, 1.807) is 7.11 Å². The first-order valence-corrected chi connectivity index (χ1v) is 8.99. The standard InChI is InChI=1S/C20H27N3O3/c1-24-19-9-5-6-17(16-21-22-18-7-3-2-4-8-18)20(19)26-15-12-23-10-13-25-14-11-23/h2-9,21-22H,10-16H2,1H3. The molecule has 0 amide bonds. The molecule has 2 N–H and O–H groups in total. The van der Waals surface area contributed by atoms with Crippen molar-refractivity contribution in [2.45, 2.75) is 6.54 Å². The monoisotopic (exact) mass is 357 g/mol. The van der Waals surface area contributed by atoms with E-state index in [0.717, 1.165) is 55.6 Å². The topological polar surface area (TPSA) is 55.0 Å². The van der Waals surface area contributed by atoms with Gasteiger partial charge in [0.1, 0.15) is 6.61 Å². The molecule has 0 spiro atoms. The minimum atomic E-state index is 0.624. The van der Waals surface area contributed by atoms with Gasteiger partial charge in [0.2, 0.25) is 0 Å². The first kappa shape index (κ1) is 18.5. The summed E-state index contributed by atoms with van der Waals surface area (Å²) in [4.78, 5) is 2.35. The van der Waals surface area contributed by atoms with E-state index in [0.29, 0.717) is 13.2 Å². The molecule has 0 radical (unpaired) electrons. The minimum absolute atomic E-state index is 0.624. The second-order valence-electron chi connectivity index (χ2n) is 6.10. The Hall–Kier alpha value is -2.28. The fourth-order valence-corrected chi connectivity index (χ4v) is 2.89. The molecule has 0 saturated carbocycles. The Bertz CT molecular complexity index is 661. The number of nitrogens with one attached hydrogen (secondary N) is 2. The molecule has 2 aromatic rings. The van der Waals surface area contributed by atoms with Gasteiger partial charge < -0.3 is 19.6 Å². The highest BCUT2D eigenvalue weighted by atomic mass is 16.5. The quantitative estimate of drug-likeness (QED) is 0.673. The van der Waals surface area contributed by atoms with Crippen LogP contribution in [0.5, 0.6) is 11.5 Å². The summed E-state index contributed by atoms with van der Waals surface area (Å²) in [5.74, 6) is 1.55. The third-order valence-corrected chi connectivity index (χ3v) is 4.32. The van der Waals surface area contributed by atoms with Crippen molar-refractivity contribution in [3.63, 3.8) is 0 Å². The predicted molar refractivity (Wildman–Crippen MR) is 103 cm³/mol. The van der Waals surface area contributed by atoms with E-state index in [1.807, 2.05) is 48.5 Å². The van der Waals surface area contributed by atoms with Crippen LogP contribution in [0, 0.1) is 0 Å². The third kappa shape index (κ3) is 5.36. The van der Waals surface area contributed by atoms with Gasteiger partial charge in [0.15, 0.2) is 11.5 Å². The number of anilines is 1. The van der Waals surface area contributed by atoms with Gasteiger partial charge in [-0.15, -0.1) is 0 Å². The Labute approximate surface area is 155 Å². The number of rotatable bonds is 9. The summed E-state index contributed by atoms with van der Waals surface area (Å²) < 4.78 is 17.0. The van der Waals surface area contributed by atoms with E-state index >= 15 is 0 Å². The maximum absolute atomic E-state index is 6.09. The van der Waals surface area contributed by atoms with Crippen LogP contribution in [0.1, 0.15) is 5.56 Å². The SMILES string of the molecule is COc1cccc(CNNc2ccccc2)c1OCCN1CCOCC1. The van der Waals surface area contributed by atoms with Crippen LogP contribution in [0.4, 0.5) is 5.69 Å². The van der Waals surface area contributed by atoms with Crippen molar-refractivity contribution < 1.29 is 14.2 Å². The maximum Gasteiger partial charge on any atom is 0.165 e. The summed E-state index contributed by atoms with van der Waals surface area (Å²) in [7, 11) is 1.67. The van der Waals surface area contributed by atoms with Gasteiger partial charge in [-0.25, -0.2) is 5.43 Å². The highest BCUT2D eigenvalue weighted by molar-refractivity contribution is 5.47. The maximum atomic E-state index is 6.09. The number of nitrogens with zero attached hydrogens (tertiary/aromatic N) is 1. The molecular weight excluding hydrogens is 330 g/mol. The van der Waals surface area contributed by atoms with Gasteiger partial charge in [0.25, 0.3) is 0 Å². The molecule has 1 aliphatic heterocycles. The van der Waals surface area contributed by atoms with E-state index in [9.17, 15) is 0 Å². The molecule has 1 saturated heterocycles. The first-order chi connectivity index (χ1) is 12.9. The van der Waals surface area contributed by atoms with Gasteiger partial charge >= 0.3 is 0 Å². The first-order valence-electron chi connectivity index (χ1n) is 8.99. The molecule has 6 heteroatoms. The van der Waals surface area contributed by atoms with Crippen molar-refractivity contribution in [3.8, 4) is 11.5 Å². The number of hydrogen-bond acceptors (Lipinski definition) is 6. The van der Waals surface area contributed by atoms with E-state index in [4.69, 9.17) is 14.2 Å². The lowest BCUT2D eigenvalue weighted by atomic mass is 10.2. The summed E-state index contributed by atoms with van der Waals surface area (Å²) in [6, 6.07) is 16.0. The Morgan fingerprint density at radius 1 is 1.04 bits per heavy atom. The van der Waals surface area contributed by atoms with Gasteiger partial charge in [-0.05, 0) is 18.2 Å². The molecule has 140 valence electrons. The number of hydrazine groups is 1. The molecule has 0 bridgehead atoms. The lowest BCUT2D eigenvalue weighted by molar-refractivity contribution is 0.0320. The molecule has 0 atom stereocenters. The summed E-state index contributed by atoms with van der Waals surface area (Å²) in [5, 5.41) is 0. The molecule has 6 nitrogen and oxygen atoms in total. The zero-order valence-corrected chi connectivity index (χ0v) is 15.2. The van der Waals surface area contributed by atoms with Crippen LogP contribution in [0.15, 0.2) is 48.5 Å². The van der Waals surface area contributed by atoms with Crippen LogP contribution < -0.4 is 20.3 Å². The summed E-state index contributed by atoms with van der Waals surface area (Å²) >= 11 is 0. The van der Waals surface area contributed by atoms with E-state index < -0.39 is 0 Å². The van der Waals surface area contributed by atoms with E-state index in [-0.39, 0.29) is 0 Å². The molecule has 0 aliphatic carbocycles. The van der Waals surface area contributed by atoms with Crippen LogP contribution in [-0.2, 0) is 11.3 Å². The number of hydrogen-bond donors (Lipinski definition) is 2. The van der Waals surface area contributed by atoms with Gasteiger partial charge in [0.05, 0.1) is 20.3 Å². The van der Waals surface area contributed by atoms with Crippen molar-refractivity contribution in [2.24, 2.45) is 0 Å². The number of methoxy groups -OCH3 is 1. The predicted octanol–water partition coefficient (Wildman–Crippen LogP) is 2.52. The molecule has 2 aromatic carbocycles. The molecule has 1 aliphatic rings. The van der Waals surface area contributed by atoms with Gasteiger partial charge in [-0.1, -0.05) is 30.3 Å². The van der Waals surface area contributed by atoms with Crippen LogP contribution >= 0.6 is 0 Å². The number of morpholine rings is 1. The average molecular weight is 357 g/mol. The van der Waals surface area contributed by atoms with Gasteiger partial charge in [-0.2, -0.15) is 0 Å². The summed E-state index contributed by atoms with van der Waals surface area (Å²) in [5.41, 5.74) is 8.50. The van der Waals surface area contributed by atoms with Crippen LogP contribution in [0.2, 0.25) is 0 Å². The molecule has 1 heterocycles. The third-order valence-electron chi connectivity index (χ3n) is 4.32. The largest absolute Gasteiger partial charge is 0.493 e. The second kappa shape index (κ2) is 10.0. The zero-order valence-electron chi connectivity index (χ0n) is 15.2. The number of ether oxygens (including phenoxy) is 3. The highest BCUT2D eigenvalue weighted by Gasteiger charge is 2.13. The fourth-order valence-electron chi connectivity index (χ4n) is 2.89. The van der Waals surface area contributed by atoms with Crippen molar-refractivity contribution in [1.82, 2.24) is 10.3 Å². The van der Waals surface area contributed by atoms with Crippen molar-refractivity contribution in [1.29, 1.82) is 0 Å². The number of para-hydroxylation sites is 2. The van der Waals surface area contributed by atoms with Crippen LogP contribution in [0.25, 0.3) is 0 Å². The molecule has 1 fully saturated rings. The van der Waals surface area contributed by atoms with Crippen LogP contribution in [-0.4, -0.2) is 51.5 Å². The van der Waals surface area contributed by atoms with Crippen molar-refractivity contribution in [3.05, 3.63) is 54.1 Å². The van der Waals surface area contributed by atoms with Gasteiger partial charge in [0, 0.05) is 37.4 Å². The van der Waals surface area contributed by atoms with Gasteiger partial charge in [-0.3, -0.25) is 4.90 Å². The molecule has 0 unspecified atom stereocenters. The number of benzene rings is 2. The Balaban J connectivity index is 1.56. The lowest BCUT2D eigenvalue weighted by Gasteiger charge is -2.26. The second-order valence-corrected chi connectivity index (χ2v) is 6.10. The van der Waals surface area contributed by atoms with Crippen LogP contribution in [0.3, 0.4) is 0 Å². The normalized spacial score (nSPS) is 14.8. The smallest absolute Gasteiger partial charge is 0.165 e. The average Bonchev–Trinajstić information content (AvgIpc) is 2.70. The van der Waals surface area contributed by atoms with E-state index in [2.05, 4.69) is 15.8 Å². The van der Waals surface area contributed by atoms with Crippen molar-refractivity contribution >= 4 is 5.69 Å². The van der Waals surface area contributed by atoms with E-state index in [1.165, 1.54) is 0 Å². The highest BCUT2D eigenvalue weighted by Crippen LogP contribution is 2.31. The summed E-state index contributed by atoms with van der Waals surface area (Å²) in [6.45, 7) is 5.66. The Morgan fingerprint density at radius 2 is 1.85 bits per heavy atom. The summed E-state index contributed by atoms with van der Waals surface area (Å²) in [6.07, 6.45) is 0. The Morgan fingerprint density at radius 3 is 2.62 bits per heavy atom. The molecule has 3 rings (SSSR count). The molecular formula is C20H27N3O3. The fraction of sp³-hybridized carbons (Fsp3) is 0.400. The zero-order chi connectivity index (χ0) is 18.0. The van der Waals surface area contributed by atoms with Crippen molar-refractivity contribution in [2.75, 3.05) is 52.0 Å².